The Kier molecular flexibility index (Phi) is 11.9. The molecule has 2 aromatic carbocycles. The predicted molar refractivity (Wildman–Crippen MR) is 189 cm³/mol. The highest BCUT2D eigenvalue weighted by atomic mass is 16.2. The van der Waals surface area contributed by atoms with Gasteiger partial charge in [-0.25, -0.2) is 9.97 Å². The molecular formula is C34H46N12O2. The van der Waals surface area contributed by atoms with E-state index in [4.69, 9.17) is 22.9 Å². The minimum atomic E-state index is -0.408. The normalized spacial score (nSPS) is 14.8. The first-order valence-electron chi connectivity index (χ1n) is 16.5. The second kappa shape index (κ2) is 16.7. The maximum Gasteiger partial charge on any atom is 0.274 e. The number of amides is 2. The van der Waals surface area contributed by atoms with Gasteiger partial charge in [-0.15, -0.1) is 0 Å². The molecule has 3 aromatic rings. The summed E-state index contributed by atoms with van der Waals surface area (Å²) in [6.45, 7) is 6.83. The van der Waals surface area contributed by atoms with Crippen molar-refractivity contribution in [3.63, 3.8) is 0 Å². The van der Waals surface area contributed by atoms with Crippen LogP contribution in [0.1, 0.15) is 56.1 Å². The van der Waals surface area contributed by atoms with Crippen molar-refractivity contribution >= 4 is 35.1 Å². The molecule has 0 spiro atoms. The number of aliphatic imine (C=N–C) groups is 2. The lowest BCUT2D eigenvalue weighted by Crippen LogP contribution is -2.28. The smallest absolute Gasteiger partial charge is 0.274 e. The van der Waals surface area contributed by atoms with Crippen molar-refractivity contribution in [2.75, 3.05) is 63.0 Å². The Morgan fingerprint density at radius 2 is 1.04 bits per heavy atom. The quantitative estimate of drug-likeness (QED) is 0.0928. The highest BCUT2D eigenvalue weighted by Crippen LogP contribution is 2.23. The van der Waals surface area contributed by atoms with Gasteiger partial charge in [-0.2, -0.15) is 0 Å². The number of rotatable bonds is 12. The molecule has 0 unspecified atom stereocenters. The van der Waals surface area contributed by atoms with E-state index in [0.717, 1.165) is 77.8 Å². The molecule has 48 heavy (non-hydrogen) atoms. The zero-order valence-corrected chi connectivity index (χ0v) is 27.3. The summed E-state index contributed by atoms with van der Waals surface area (Å²) >= 11 is 0. The number of aromatic nitrogens is 2. The number of carbonyl (C=O) groups is 2. The van der Waals surface area contributed by atoms with Crippen LogP contribution in [-0.4, -0.2) is 95.9 Å². The van der Waals surface area contributed by atoms with Crippen LogP contribution >= 0.6 is 0 Å². The summed E-state index contributed by atoms with van der Waals surface area (Å²) in [6.07, 6.45) is 6.64. The van der Waals surface area contributed by atoms with Crippen LogP contribution in [0.5, 0.6) is 0 Å². The summed E-state index contributed by atoms with van der Waals surface area (Å²) in [7, 11) is 0. The molecule has 5 rings (SSSR count). The third kappa shape index (κ3) is 9.96. The fourth-order valence-electron chi connectivity index (χ4n) is 6.15. The van der Waals surface area contributed by atoms with Gasteiger partial charge in [0.1, 0.15) is 17.7 Å². The molecule has 0 atom stereocenters. The first kappa shape index (κ1) is 34.3. The molecule has 0 fully saturated rings. The Hall–Kier alpha value is -5.08. The largest absolute Gasteiger partial charge is 0.370 e. The van der Waals surface area contributed by atoms with Crippen molar-refractivity contribution in [1.29, 1.82) is 0 Å². The van der Waals surface area contributed by atoms with Gasteiger partial charge in [-0.1, -0.05) is 12.1 Å². The number of hydrogen-bond donors (Lipinski definition) is 6. The summed E-state index contributed by atoms with van der Waals surface area (Å²) in [4.78, 5) is 47.6. The molecule has 0 saturated heterocycles. The van der Waals surface area contributed by atoms with Crippen LogP contribution in [0.4, 0.5) is 11.4 Å². The molecule has 0 aliphatic carbocycles. The first-order valence-corrected chi connectivity index (χ1v) is 16.5. The summed E-state index contributed by atoms with van der Waals surface area (Å²) in [6, 6.07) is 13.4. The van der Waals surface area contributed by atoms with E-state index in [9.17, 15) is 9.59 Å². The van der Waals surface area contributed by atoms with Crippen LogP contribution < -0.4 is 33.6 Å². The van der Waals surface area contributed by atoms with Crippen molar-refractivity contribution in [2.24, 2.45) is 32.9 Å². The standard InChI is InChI=1S/C34H46N12O2/c35-33(36)39-11-1-13-45-15-7-23-3-5-27(19-25(23)9-17-45)43-31(47)29-21-30(42-22-41-29)32(48)44-28-6-4-24-8-16-46(18-10-26(24)20-28)14-2-12-40-34(37)38/h3-6,19-22H,1-2,7-18H2,(H,43,47)(H,44,48)(H4,35,36,39)(H4,37,38,40). The van der Waals surface area contributed by atoms with Crippen LogP contribution in [0.15, 0.2) is 58.8 Å². The van der Waals surface area contributed by atoms with Gasteiger partial charge in [-0.05, 0) is 98.1 Å². The fourth-order valence-corrected chi connectivity index (χ4v) is 6.15. The molecule has 2 aliphatic rings. The van der Waals surface area contributed by atoms with E-state index in [-0.39, 0.29) is 23.3 Å². The molecule has 14 heteroatoms. The van der Waals surface area contributed by atoms with Gasteiger partial charge in [0.25, 0.3) is 11.8 Å². The minimum absolute atomic E-state index is 0.110. The molecule has 254 valence electrons. The lowest BCUT2D eigenvalue weighted by molar-refractivity contribution is 0.102. The summed E-state index contributed by atoms with van der Waals surface area (Å²) in [5.74, 6) is -0.571. The second-order valence-corrected chi connectivity index (χ2v) is 12.2. The molecule has 2 amide bonds. The van der Waals surface area contributed by atoms with E-state index in [1.807, 2.05) is 24.3 Å². The third-order valence-electron chi connectivity index (χ3n) is 8.70. The summed E-state index contributed by atoms with van der Waals surface area (Å²) in [5.41, 5.74) is 28.2. The lowest BCUT2D eigenvalue weighted by atomic mass is 10.0. The SMILES string of the molecule is NC(N)=NCCCN1CCc2ccc(NC(=O)c3cc(C(=O)Nc4ccc5c(c4)CCN(CCCN=C(N)N)CC5)ncn3)cc2CC1. The monoisotopic (exact) mass is 654 g/mol. The molecule has 1 aromatic heterocycles. The van der Waals surface area contributed by atoms with Crippen molar-refractivity contribution in [2.45, 2.75) is 38.5 Å². The van der Waals surface area contributed by atoms with E-state index in [1.165, 1.54) is 34.6 Å². The van der Waals surface area contributed by atoms with Crippen molar-refractivity contribution in [1.82, 2.24) is 19.8 Å². The van der Waals surface area contributed by atoms with Gasteiger partial charge in [0, 0.05) is 56.7 Å². The molecule has 0 bridgehead atoms. The number of nitrogens with one attached hydrogen (secondary N) is 2. The highest BCUT2D eigenvalue weighted by molar-refractivity contribution is 6.07. The molecule has 0 radical (unpaired) electrons. The molecular weight excluding hydrogens is 608 g/mol. The van der Waals surface area contributed by atoms with Crippen LogP contribution in [0.2, 0.25) is 0 Å². The van der Waals surface area contributed by atoms with Gasteiger partial charge >= 0.3 is 0 Å². The Morgan fingerprint density at radius 3 is 1.46 bits per heavy atom. The molecule has 14 nitrogen and oxygen atoms in total. The van der Waals surface area contributed by atoms with E-state index in [1.54, 1.807) is 0 Å². The number of anilines is 2. The van der Waals surface area contributed by atoms with Crippen molar-refractivity contribution in [3.05, 3.63) is 82.4 Å². The molecule has 3 heterocycles. The Labute approximate surface area is 281 Å². The van der Waals surface area contributed by atoms with E-state index >= 15 is 0 Å². The molecule has 2 aliphatic heterocycles. The summed E-state index contributed by atoms with van der Waals surface area (Å²) in [5, 5.41) is 5.88. The van der Waals surface area contributed by atoms with Crippen LogP contribution in [0.25, 0.3) is 0 Å². The minimum Gasteiger partial charge on any atom is -0.370 e. The zero-order valence-electron chi connectivity index (χ0n) is 27.3. The number of fused-ring (bicyclic) bond motifs is 2. The highest BCUT2D eigenvalue weighted by Gasteiger charge is 2.18. The second-order valence-electron chi connectivity index (χ2n) is 12.2. The van der Waals surface area contributed by atoms with E-state index in [2.05, 4.69) is 52.5 Å². The molecule has 0 saturated carbocycles. The zero-order chi connectivity index (χ0) is 33.9. The average Bonchev–Trinajstić information content (AvgIpc) is 3.40. The van der Waals surface area contributed by atoms with Crippen molar-refractivity contribution < 1.29 is 9.59 Å². The molecule has 10 N–H and O–H groups in total. The average molecular weight is 655 g/mol. The predicted octanol–water partition coefficient (Wildman–Crippen LogP) is 1.11. The Bertz CT molecular complexity index is 1530. The third-order valence-corrected chi connectivity index (χ3v) is 8.70. The fraction of sp³-hybridized carbons (Fsp3) is 0.412. The number of nitrogens with two attached hydrogens (primary N) is 4. The summed E-state index contributed by atoms with van der Waals surface area (Å²) < 4.78 is 0. The van der Waals surface area contributed by atoms with E-state index < -0.39 is 11.8 Å². The van der Waals surface area contributed by atoms with Gasteiger partial charge < -0.3 is 43.4 Å². The van der Waals surface area contributed by atoms with Crippen LogP contribution in [0, 0.1) is 0 Å². The first-order chi connectivity index (χ1) is 23.2. The Balaban J connectivity index is 1.14. The lowest BCUT2D eigenvalue weighted by Gasteiger charge is -2.18. The number of hydrogen-bond acceptors (Lipinski definition) is 8. The maximum absolute atomic E-state index is 13.2. The number of carbonyl (C=O) groups excluding carboxylic acids is 2. The van der Waals surface area contributed by atoms with Gasteiger partial charge in [0.15, 0.2) is 11.9 Å². The maximum atomic E-state index is 13.2. The van der Waals surface area contributed by atoms with Crippen LogP contribution in [-0.2, 0) is 25.7 Å². The van der Waals surface area contributed by atoms with Gasteiger partial charge in [-0.3, -0.25) is 19.6 Å². The van der Waals surface area contributed by atoms with Gasteiger partial charge in [0.05, 0.1) is 0 Å². The number of nitrogens with zero attached hydrogens (tertiary/aromatic N) is 6. The van der Waals surface area contributed by atoms with Crippen LogP contribution in [0.3, 0.4) is 0 Å². The van der Waals surface area contributed by atoms with Gasteiger partial charge in [0.2, 0.25) is 0 Å². The Morgan fingerprint density at radius 1 is 0.625 bits per heavy atom. The van der Waals surface area contributed by atoms with E-state index in [0.29, 0.717) is 24.5 Å². The topological polar surface area (TPSA) is 219 Å². The van der Waals surface area contributed by atoms with Crippen molar-refractivity contribution in [3.8, 4) is 0 Å². The number of benzene rings is 2. The number of guanidine groups is 2.